The van der Waals surface area contributed by atoms with Crippen molar-refractivity contribution in [2.75, 3.05) is 18.1 Å². The molecule has 0 radical (unpaired) electrons. The minimum absolute atomic E-state index is 0.138. The van der Waals surface area contributed by atoms with E-state index in [-0.39, 0.29) is 41.0 Å². The number of carbonyl (C=O) groups is 2. The number of anilines is 1. The molecule has 1 aliphatic rings. The van der Waals surface area contributed by atoms with Crippen molar-refractivity contribution < 1.29 is 19.4 Å². The van der Waals surface area contributed by atoms with Gasteiger partial charge < -0.3 is 14.7 Å². The molecule has 1 amide bonds. The first kappa shape index (κ1) is 20.7. The molecule has 5 nitrogen and oxygen atoms in total. The molecule has 1 heterocycles. The molecule has 1 N–H and O–H groups in total. The fraction of sp³-hybridized carbons (Fsp3) is 0.217. The monoisotopic (exact) mass is 443 g/mol. The van der Waals surface area contributed by atoms with E-state index in [4.69, 9.17) is 27.9 Å². The average Bonchev–Trinajstić information content (AvgIpc) is 2.93. The Kier molecular flexibility index (Phi) is 5.45. The van der Waals surface area contributed by atoms with Gasteiger partial charge in [0.15, 0.2) is 5.60 Å². The van der Waals surface area contributed by atoms with Crippen molar-refractivity contribution in [3.05, 3.63) is 70.2 Å². The molecule has 1 atom stereocenters. The van der Waals surface area contributed by atoms with Gasteiger partial charge in [0.1, 0.15) is 18.1 Å². The van der Waals surface area contributed by atoms with Gasteiger partial charge in [-0.25, -0.2) is 0 Å². The van der Waals surface area contributed by atoms with Crippen molar-refractivity contribution in [2.24, 2.45) is 0 Å². The Morgan fingerprint density at radius 1 is 1.07 bits per heavy atom. The summed E-state index contributed by atoms with van der Waals surface area (Å²) >= 11 is 12.6. The van der Waals surface area contributed by atoms with Crippen LogP contribution in [0.15, 0.2) is 54.6 Å². The molecule has 30 heavy (non-hydrogen) atoms. The molecule has 4 rings (SSSR count). The molecule has 0 spiro atoms. The van der Waals surface area contributed by atoms with Crippen molar-refractivity contribution >= 4 is 51.4 Å². The van der Waals surface area contributed by atoms with Gasteiger partial charge in [-0.1, -0.05) is 53.5 Å². The molecular weight excluding hydrogens is 425 g/mol. The summed E-state index contributed by atoms with van der Waals surface area (Å²) in [5, 5.41) is 13.7. The lowest BCUT2D eigenvalue weighted by molar-refractivity contribution is -0.141. The average molecular weight is 444 g/mol. The molecule has 0 bridgehead atoms. The number of carbonyl (C=O) groups excluding carboxylic acids is 2. The van der Waals surface area contributed by atoms with E-state index in [1.807, 2.05) is 42.5 Å². The standard InChI is InChI=1S/C23H19Cl2NO4/c1-14(27)13-23(29)20-18(24)8-9-19(25)21(20)26(22(23)28)10-11-30-17-7-6-15-4-2-3-5-16(15)12-17/h2-9,12,29H,10-11,13H2,1H3. The number of aliphatic hydroxyl groups is 1. The highest BCUT2D eigenvalue weighted by Crippen LogP contribution is 2.49. The van der Waals surface area contributed by atoms with Crippen molar-refractivity contribution in [3.8, 4) is 5.75 Å². The number of hydrogen-bond donors (Lipinski definition) is 1. The second kappa shape index (κ2) is 7.91. The minimum atomic E-state index is -2.04. The molecule has 3 aromatic rings. The highest BCUT2D eigenvalue weighted by atomic mass is 35.5. The predicted octanol–water partition coefficient (Wildman–Crippen LogP) is 4.74. The van der Waals surface area contributed by atoms with Gasteiger partial charge in [0.05, 0.1) is 17.3 Å². The lowest BCUT2D eigenvalue weighted by atomic mass is 9.90. The smallest absolute Gasteiger partial charge is 0.264 e. The second-order valence-corrected chi connectivity index (χ2v) is 8.12. The van der Waals surface area contributed by atoms with Crippen LogP contribution in [0.5, 0.6) is 5.75 Å². The fourth-order valence-electron chi connectivity index (χ4n) is 3.88. The van der Waals surface area contributed by atoms with Crippen LogP contribution in [-0.2, 0) is 15.2 Å². The highest BCUT2D eigenvalue weighted by molar-refractivity contribution is 6.38. The van der Waals surface area contributed by atoms with Crippen LogP contribution in [-0.4, -0.2) is 29.9 Å². The van der Waals surface area contributed by atoms with E-state index in [2.05, 4.69) is 0 Å². The molecule has 1 aliphatic heterocycles. The Morgan fingerprint density at radius 2 is 1.77 bits per heavy atom. The van der Waals surface area contributed by atoms with Gasteiger partial charge in [-0.15, -0.1) is 0 Å². The van der Waals surface area contributed by atoms with Gasteiger partial charge in [0.2, 0.25) is 0 Å². The van der Waals surface area contributed by atoms with Crippen LogP contribution >= 0.6 is 23.2 Å². The molecule has 7 heteroatoms. The van der Waals surface area contributed by atoms with Crippen LogP contribution < -0.4 is 9.64 Å². The third-order valence-electron chi connectivity index (χ3n) is 5.17. The van der Waals surface area contributed by atoms with Crippen LogP contribution in [0, 0.1) is 0 Å². The maximum atomic E-state index is 13.1. The van der Waals surface area contributed by atoms with Crippen molar-refractivity contribution in [3.63, 3.8) is 0 Å². The molecule has 1 unspecified atom stereocenters. The quantitative estimate of drug-likeness (QED) is 0.597. The molecule has 0 fully saturated rings. The van der Waals surface area contributed by atoms with E-state index in [9.17, 15) is 14.7 Å². The molecule has 3 aromatic carbocycles. The molecule has 0 aliphatic carbocycles. The highest BCUT2D eigenvalue weighted by Gasteiger charge is 2.52. The van der Waals surface area contributed by atoms with Crippen LogP contribution in [0.3, 0.4) is 0 Å². The van der Waals surface area contributed by atoms with E-state index >= 15 is 0 Å². The summed E-state index contributed by atoms with van der Waals surface area (Å²) in [6.45, 7) is 1.62. The zero-order valence-electron chi connectivity index (χ0n) is 16.2. The summed E-state index contributed by atoms with van der Waals surface area (Å²) in [4.78, 5) is 26.2. The van der Waals surface area contributed by atoms with Crippen molar-refractivity contribution in [2.45, 2.75) is 18.9 Å². The SMILES string of the molecule is CC(=O)CC1(O)C(=O)N(CCOc2ccc3ccccc3c2)c2c(Cl)ccc(Cl)c21. The first-order valence-electron chi connectivity index (χ1n) is 9.45. The number of halogens is 2. The van der Waals surface area contributed by atoms with Crippen molar-refractivity contribution in [1.29, 1.82) is 0 Å². The summed E-state index contributed by atoms with van der Waals surface area (Å²) < 4.78 is 5.84. The third kappa shape index (κ3) is 3.54. The largest absolute Gasteiger partial charge is 0.492 e. The Morgan fingerprint density at radius 3 is 2.50 bits per heavy atom. The zero-order chi connectivity index (χ0) is 21.5. The number of ketones is 1. The van der Waals surface area contributed by atoms with Gasteiger partial charge in [0.25, 0.3) is 5.91 Å². The van der Waals surface area contributed by atoms with E-state index < -0.39 is 11.5 Å². The number of rotatable bonds is 6. The molecular formula is C23H19Cl2NO4. The summed E-state index contributed by atoms with van der Waals surface area (Å²) in [5.74, 6) is -0.302. The van der Waals surface area contributed by atoms with Gasteiger partial charge in [-0.05, 0) is 42.0 Å². The maximum Gasteiger partial charge on any atom is 0.264 e. The molecule has 0 saturated heterocycles. The first-order valence-corrected chi connectivity index (χ1v) is 10.2. The van der Waals surface area contributed by atoms with Gasteiger partial charge >= 0.3 is 0 Å². The Bertz CT molecular complexity index is 1160. The van der Waals surface area contributed by atoms with E-state index in [1.54, 1.807) is 6.07 Å². The summed E-state index contributed by atoms with van der Waals surface area (Å²) in [7, 11) is 0. The fourth-order valence-corrected chi connectivity index (χ4v) is 4.45. The second-order valence-electron chi connectivity index (χ2n) is 7.31. The Hall–Kier alpha value is -2.60. The third-order valence-corrected chi connectivity index (χ3v) is 5.79. The number of benzene rings is 3. The van der Waals surface area contributed by atoms with Crippen LogP contribution in [0.25, 0.3) is 10.8 Å². The molecule has 0 aromatic heterocycles. The van der Waals surface area contributed by atoms with Gasteiger partial charge in [-0.3, -0.25) is 9.59 Å². The van der Waals surface area contributed by atoms with Crippen LogP contribution in [0.4, 0.5) is 5.69 Å². The summed E-state index contributed by atoms with van der Waals surface area (Å²) in [6.07, 6.45) is -0.374. The normalized spacial score (nSPS) is 18.0. The number of nitrogens with zero attached hydrogens (tertiary/aromatic N) is 1. The molecule has 0 saturated carbocycles. The topological polar surface area (TPSA) is 66.8 Å². The number of fused-ring (bicyclic) bond motifs is 2. The lowest BCUT2D eigenvalue weighted by Crippen LogP contribution is -2.43. The number of Topliss-reactive ketones (excluding diaryl/α,β-unsaturated/α-hetero) is 1. The first-order chi connectivity index (χ1) is 14.3. The lowest BCUT2D eigenvalue weighted by Gasteiger charge is -2.22. The van der Waals surface area contributed by atoms with E-state index in [0.29, 0.717) is 11.4 Å². The Labute approximate surface area is 183 Å². The summed E-state index contributed by atoms with van der Waals surface area (Å²) in [6, 6.07) is 16.7. The number of ether oxygens (including phenoxy) is 1. The Balaban J connectivity index is 1.59. The maximum absolute atomic E-state index is 13.1. The van der Waals surface area contributed by atoms with Crippen LogP contribution in [0.2, 0.25) is 10.0 Å². The van der Waals surface area contributed by atoms with Gasteiger partial charge in [-0.2, -0.15) is 0 Å². The van der Waals surface area contributed by atoms with E-state index in [1.165, 1.54) is 17.9 Å². The summed E-state index contributed by atoms with van der Waals surface area (Å²) in [5.41, 5.74) is -1.55. The number of hydrogen-bond acceptors (Lipinski definition) is 4. The van der Waals surface area contributed by atoms with Gasteiger partial charge in [0, 0.05) is 17.0 Å². The minimum Gasteiger partial charge on any atom is -0.492 e. The predicted molar refractivity (Wildman–Crippen MR) is 117 cm³/mol. The van der Waals surface area contributed by atoms with Crippen LogP contribution in [0.1, 0.15) is 18.9 Å². The van der Waals surface area contributed by atoms with E-state index in [0.717, 1.165) is 10.8 Å². The zero-order valence-corrected chi connectivity index (χ0v) is 17.7. The van der Waals surface area contributed by atoms with Crippen molar-refractivity contribution in [1.82, 2.24) is 0 Å². The number of amides is 1. The molecule has 154 valence electrons.